The molecule has 0 amide bonds. The highest BCUT2D eigenvalue weighted by Crippen LogP contribution is 2.38. The molecule has 1 aliphatic heterocycles. The van der Waals surface area contributed by atoms with Gasteiger partial charge in [0.2, 0.25) is 0 Å². The number of hydrogen-bond donors (Lipinski definition) is 0. The molecule has 98 valence electrons. The summed E-state index contributed by atoms with van der Waals surface area (Å²) in [5.74, 6) is 1.31. The van der Waals surface area contributed by atoms with Crippen LogP contribution in [0.1, 0.15) is 30.1 Å². The second-order valence-electron chi connectivity index (χ2n) is 4.98. The number of benzene rings is 2. The topological polar surface area (TPSA) is 0 Å². The highest BCUT2D eigenvalue weighted by atomic mass is 35.5. The highest BCUT2D eigenvalue weighted by molar-refractivity contribution is 7.99. The van der Waals surface area contributed by atoms with Crippen molar-refractivity contribution in [3.63, 3.8) is 0 Å². The molecule has 0 aliphatic carbocycles. The third-order valence-corrected chi connectivity index (χ3v) is 5.33. The van der Waals surface area contributed by atoms with Crippen molar-refractivity contribution in [1.29, 1.82) is 0 Å². The fourth-order valence-corrected chi connectivity index (χ4v) is 4.00. The lowest BCUT2D eigenvalue weighted by atomic mass is 10.0. The van der Waals surface area contributed by atoms with Crippen LogP contribution in [0.4, 0.5) is 0 Å². The molecule has 19 heavy (non-hydrogen) atoms. The van der Waals surface area contributed by atoms with Crippen molar-refractivity contribution in [2.45, 2.75) is 24.5 Å². The van der Waals surface area contributed by atoms with Crippen molar-refractivity contribution in [2.24, 2.45) is 0 Å². The molecule has 1 unspecified atom stereocenters. The van der Waals surface area contributed by atoms with Crippen LogP contribution in [0.2, 0.25) is 5.02 Å². The summed E-state index contributed by atoms with van der Waals surface area (Å²) in [6, 6.07) is 17.1. The molecule has 3 rings (SSSR count). The molecule has 0 aromatic heterocycles. The first kappa shape index (κ1) is 13.1. The Bertz CT molecular complexity index is 524. The molecule has 0 spiro atoms. The van der Waals surface area contributed by atoms with E-state index in [4.69, 9.17) is 11.6 Å². The second kappa shape index (κ2) is 6.02. The SMILES string of the molecule is Clc1ccc(-c2ccc(C3CCCCS3)cc2)cc1. The van der Waals surface area contributed by atoms with E-state index >= 15 is 0 Å². The summed E-state index contributed by atoms with van der Waals surface area (Å²) in [7, 11) is 0. The average molecular weight is 289 g/mol. The van der Waals surface area contributed by atoms with Crippen LogP contribution < -0.4 is 0 Å². The largest absolute Gasteiger partial charge is 0.154 e. The van der Waals surface area contributed by atoms with Crippen molar-refractivity contribution < 1.29 is 0 Å². The fourth-order valence-electron chi connectivity index (χ4n) is 2.54. The van der Waals surface area contributed by atoms with Crippen LogP contribution >= 0.6 is 23.4 Å². The minimum absolute atomic E-state index is 0.702. The van der Waals surface area contributed by atoms with Crippen molar-refractivity contribution >= 4 is 23.4 Å². The van der Waals surface area contributed by atoms with Gasteiger partial charge in [0.15, 0.2) is 0 Å². The van der Waals surface area contributed by atoms with Crippen LogP contribution in [0.15, 0.2) is 48.5 Å². The van der Waals surface area contributed by atoms with Gasteiger partial charge in [-0.3, -0.25) is 0 Å². The lowest BCUT2D eigenvalue weighted by Gasteiger charge is -2.21. The molecule has 2 aromatic carbocycles. The van der Waals surface area contributed by atoms with E-state index in [1.165, 1.54) is 41.7 Å². The van der Waals surface area contributed by atoms with E-state index in [2.05, 4.69) is 48.2 Å². The Morgan fingerprint density at radius 3 is 2.05 bits per heavy atom. The third-order valence-electron chi connectivity index (χ3n) is 3.64. The first-order valence-corrected chi connectivity index (χ1v) is 8.23. The van der Waals surface area contributed by atoms with Crippen LogP contribution in [0.5, 0.6) is 0 Å². The van der Waals surface area contributed by atoms with Gasteiger partial charge in [-0.25, -0.2) is 0 Å². The summed E-state index contributed by atoms with van der Waals surface area (Å²) in [4.78, 5) is 0. The zero-order chi connectivity index (χ0) is 13.1. The molecule has 2 aromatic rings. The first-order valence-electron chi connectivity index (χ1n) is 6.80. The monoisotopic (exact) mass is 288 g/mol. The third kappa shape index (κ3) is 3.16. The lowest BCUT2D eigenvalue weighted by molar-refractivity contribution is 0.686. The van der Waals surface area contributed by atoms with Crippen molar-refractivity contribution in [3.8, 4) is 11.1 Å². The molecule has 1 aliphatic rings. The standard InChI is InChI=1S/C17H17ClS/c18-16-10-8-14(9-11-16)13-4-6-15(7-5-13)17-3-1-2-12-19-17/h4-11,17H,1-3,12H2. The van der Waals surface area contributed by atoms with Gasteiger partial charge in [0, 0.05) is 10.3 Å². The van der Waals surface area contributed by atoms with E-state index in [1.807, 2.05) is 12.1 Å². The summed E-state index contributed by atoms with van der Waals surface area (Å²) in [6.07, 6.45) is 4.07. The molecular weight excluding hydrogens is 272 g/mol. The van der Waals surface area contributed by atoms with E-state index in [1.54, 1.807) is 0 Å². The van der Waals surface area contributed by atoms with Gasteiger partial charge >= 0.3 is 0 Å². The molecule has 1 fully saturated rings. The molecule has 2 heteroatoms. The summed E-state index contributed by atoms with van der Waals surface area (Å²) in [5.41, 5.74) is 3.97. The molecule has 0 radical (unpaired) electrons. The molecule has 1 heterocycles. The Balaban J connectivity index is 1.80. The average Bonchev–Trinajstić information content (AvgIpc) is 2.49. The van der Waals surface area contributed by atoms with E-state index in [-0.39, 0.29) is 0 Å². The minimum Gasteiger partial charge on any atom is -0.154 e. The van der Waals surface area contributed by atoms with Gasteiger partial charge in [-0.15, -0.1) is 0 Å². The molecule has 1 atom stereocenters. The second-order valence-corrected chi connectivity index (χ2v) is 6.73. The van der Waals surface area contributed by atoms with E-state index < -0.39 is 0 Å². The summed E-state index contributed by atoms with van der Waals surface area (Å²) in [6.45, 7) is 0. The quantitative estimate of drug-likeness (QED) is 0.656. The maximum absolute atomic E-state index is 5.92. The Kier molecular flexibility index (Phi) is 4.15. The van der Waals surface area contributed by atoms with Crippen LogP contribution in [0.3, 0.4) is 0 Å². The fraction of sp³-hybridized carbons (Fsp3) is 0.294. The number of hydrogen-bond acceptors (Lipinski definition) is 1. The Morgan fingerprint density at radius 2 is 1.47 bits per heavy atom. The summed E-state index contributed by atoms with van der Waals surface area (Å²) in [5, 5.41) is 1.49. The van der Waals surface area contributed by atoms with E-state index in [0.29, 0.717) is 5.25 Å². The van der Waals surface area contributed by atoms with Gasteiger partial charge in [0.25, 0.3) is 0 Å². The highest BCUT2D eigenvalue weighted by Gasteiger charge is 2.15. The van der Waals surface area contributed by atoms with Crippen molar-refractivity contribution in [1.82, 2.24) is 0 Å². The lowest BCUT2D eigenvalue weighted by Crippen LogP contribution is -2.01. The van der Waals surface area contributed by atoms with Crippen LogP contribution in [0, 0.1) is 0 Å². The van der Waals surface area contributed by atoms with Gasteiger partial charge in [-0.1, -0.05) is 54.4 Å². The van der Waals surface area contributed by atoms with Crippen molar-refractivity contribution in [2.75, 3.05) is 5.75 Å². The van der Waals surface area contributed by atoms with Crippen LogP contribution in [-0.4, -0.2) is 5.75 Å². The molecule has 0 bridgehead atoms. The summed E-state index contributed by atoms with van der Waals surface area (Å²) < 4.78 is 0. The Labute approximate surface area is 124 Å². The molecular formula is C17H17ClS. The van der Waals surface area contributed by atoms with Gasteiger partial charge < -0.3 is 0 Å². The number of rotatable bonds is 2. The van der Waals surface area contributed by atoms with Crippen LogP contribution in [0.25, 0.3) is 11.1 Å². The molecule has 0 nitrogen and oxygen atoms in total. The molecule has 0 N–H and O–H groups in total. The maximum atomic E-state index is 5.92. The van der Waals surface area contributed by atoms with Gasteiger partial charge in [-0.2, -0.15) is 11.8 Å². The number of thioether (sulfide) groups is 1. The van der Waals surface area contributed by atoms with Gasteiger partial charge in [0.1, 0.15) is 0 Å². The van der Waals surface area contributed by atoms with E-state index in [0.717, 1.165) is 5.02 Å². The predicted molar refractivity (Wildman–Crippen MR) is 85.9 cm³/mol. The predicted octanol–water partition coefficient (Wildman–Crippen LogP) is 5.97. The summed E-state index contributed by atoms with van der Waals surface area (Å²) >= 11 is 8.03. The smallest absolute Gasteiger partial charge is 0.0406 e. The Hall–Kier alpha value is -0.920. The van der Waals surface area contributed by atoms with Gasteiger partial charge in [-0.05, 0) is 47.4 Å². The zero-order valence-corrected chi connectivity index (χ0v) is 12.4. The first-order chi connectivity index (χ1) is 9.33. The number of halogens is 1. The molecule has 0 saturated carbocycles. The maximum Gasteiger partial charge on any atom is 0.0406 e. The van der Waals surface area contributed by atoms with E-state index in [9.17, 15) is 0 Å². The van der Waals surface area contributed by atoms with Crippen LogP contribution in [-0.2, 0) is 0 Å². The van der Waals surface area contributed by atoms with Gasteiger partial charge in [0.05, 0.1) is 0 Å². The normalized spacial score (nSPS) is 19.3. The van der Waals surface area contributed by atoms with Crippen molar-refractivity contribution in [3.05, 3.63) is 59.1 Å². The molecule has 1 saturated heterocycles. The minimum atomic E-state index is 0.702. The Morgan fingerprint density at radius 1 is 0.842 bits per heavy atom. The zero-order valence-electron chi connectivity index (χ0n) is 10.8.